The molecule has 0 unspecified atom stereocenters. The highest BCUT2D eigenvalue weighted by Gasteiger charge is 2.10. The van der Waals surface area contributed by atoms with Gasteiger partial charge in [0.15, 0.2) is 5.69 Å². The average Bonchev–Trinajstić information content (AvgIpc) is 2.98. The molecule has 0 radical (unpaired) electrons. The van der Waals surface area contributed by atoms with Crippen LogP contribution in [0.3, 0.4) is 0 Å². The number of anilines is 2. The van der Waals surface area contributed by atoms with Crippen molar-refractivity contribution in [2.24, 2.45) is 0 Å². The number of benzene rings is 2. The first-order valence-corrected chi connectivity index (χ1v) is 6.50. The summed E-state index contributed by atoms with van der Waals surface area (Å²) in [6, 6.07) is 18.3. The molecule has 3 aromatic rings. The first kappa shape index (κ1) is 12.9. The van der Waals surface area contributed by atoms with E-state index in [1.165, 1.54) is 0 Å². The Morgan fingerprint density at radius 3 is 2.62 bits per heavy atom. The highest BCUT2D eigenvalue weighted by molar-refractivity contribution is 6.02. The summed E-state index contributed by atoms with van der Waals surface area (Å²) in [5.41, 5.74) is 8.29. The molecular formula is C16H14N4O. The van der Waals surface area contributed by atoms with Crippen LogP contribution < -0.4 is 11.1 Å². The van der Waals surface area contributed by atoms with E-state index in [9.17, 15) is 4.79 Å². The molecule has 1 heterocycles. The van der Waals surface area contributed by atoms with E-state index in [0.717, 1.165) is 11.4 Å². The summed E-state index contributed by atoms with van der Waals surface area (Å²) in [5.74, 6) is -0.246. The van der Waals surface area contributed by atoms with Gasteiger partial charge in [0.2, 0.25) is 0 Å². The van der Waals surface area contributed by atoms with Crippen molar-refractivity contribution in [3.8, 4) is 5.69 Å². The number of carbonyl (C=O) groups excluding carboxylic acids is 1. The minimum Gasteiger partial charge on any atom is -0.399 e. The van der Waals surface area contributed by atoms with E-state index in [0.29, 0.717) is 11.4 Å². The Labute approximate surface area is 122 Å². The predicted molar refractivity (Wildman–Crippen MR) is 82.4 cm³/mol. The van der Waals surface area contributed by atoms with Crippen LogP contribution in [0.25, 0.3) is 5.69 Å². The van der Waals surface area contributed by atoms with Gasteiger partial charge in [-0.1, -0.05) is 24.3 Å². The first-order valence-electron chi connectivity index (χ1n) is 6.50. The average molecular weight is 278 g/mol. The van der Waals surface area contributed by atoms with Crippen LogP contribution in [0, 0.1) is 0 Å². The van der Waals surface area contributed by atoms with Crippen molar-refractivity contribution in [1.82, 2.24) is 9.78 Å². The summed E-state index contributed by atoms with van der Waals surface area (Å²) in [4.78, 5) is 12.1. The highest BCUT2D eigenvalue weighted by Crippen LogP contribution is 2.13. The zero-order chi connectivity index (χ0) is 14.7. The Balaban J connectivity index is 1.80. The third-order valence-corrected chi connectivity index (χ3v) is 2.99. The molecule has 1 aromatic heterocycles. The summed E-state index contributed by atoms with van der Waals surface area (Å²) in [6.45, 7) is 0. The molecule has 3 rings (SSSR count). The number of aromatic nitrogens is 2. The molecule has 0 saturated carbocycles. The SMILES string of the molecule is Nc1cccc(-n2ccc(C(=O)Nc3ccccc3)n2)c1. The fourth-order valence-corrected chi connectivity index (χ4v) is 1.97. The van der Waals surface area contributed by atoms with E-state index in [1.54, 1.807) is 29.1 Å². The van der Waals surface area contributed by atoms with Gasteiger partial charge >= 0.3 is 0 Å². The van der Waals surface area contributed by atoms with Crippen molar-refractivity contribution >= 4 is 17.3 Å². The standard InChI is InChI=1S/C16H14N4O/c17-12-5-4-8-14(11-12)20-10-9-15(19-20)16(21)18-13-6-2-1-3-7-13/h1-11H,17H2,(H,18,21). The molecule has 3 N–H and O–H groups in total. The summed E-state index contributed by atoms with van der Waals surface area (Å²) in [6.07, 6.45) is 1.73. The lowest BCUT2D eigenvalue weighted by Gasteiger charge is -2.03. The zero-order valence-electron chi connectivity index (χ0n) is 11.2. The first-order chi connectivity index (χ1) is 10.2. The van der Waals surface area contributed by atoms with Crippen molar-refractivity contribution in [1.29, 1.82) is 0 Å². The Morgan fingerprint density at radius 2 is 1.86 bits per heavy atom. The van der Waals surface area contributed by atoms with Crippen LogP contribution in [0.1, 0.15) is 10.5 Å². The minimum atomic E-state index is -0.246. The van der Waals surface area contributed by atoms with Crippen LogP contribution in [0.2, 0.25) is 0 Å². The van der Waals surface area contributed by atoms with E-state index in [2.05, 4.69) is 10.4 Å². The molecule has 104 valence electrons. The normalized spacial score (nSPS) is 10.3. The van der Waals surface area contributed by atoms with E-state index >= 15 is 0 Å². The van der Waals surface area contributed by atoms with Crippen molar-refractivity contribution < 1.29 is 4.79 Å². The van der Waals surface area contributed by atoms with Crippen LogP contribution in [0.15, 0.2) is 66.9 Å². The van der Waals surface area contributed by atoms with Crippen molar-refractivity contribution in [3.05, 3.63) is 72.6 Å². The van der Waals surface area contributed by atoms with E-state index < -0.39 is 0 Å². The molecular weight excluding hydrogens is 264 g/mol. The van der Waals surface area contributed by atoms with Crippen molar-refractivity contribution in [3.63, 3.8) is 0 Å². The van der Waals surface area contributed by atoms with Gasteiger partial charge < -0.3 is 11.1 Å². The van der Waals surface area contributed by atoms with Gasteiger partial charge in [0.1, 0.15) is 0 Å². The van der Waals surface area contributed by atoms with Gasteiger partial charge in [-0.15, -0.1) is 0 Å². The van der Waals surface area contributed by atoms with Gasteiger partial charge in [-0.05, 0) is 36.4 Å². The molecule has 0 fully saturated rings. The summed E-state index contributed by atoms with van der Waals surface area (Å²) in [7, 11) is 0. The van der Waals surface area contributed by atoms with Crippen LogP contribution in [0.4, 0.5) is 11.4 Å². The molecule has 0 atom stereocenters. The molecule has 0 aliphatic rings. The largest absolute Gasteiger partial charge is 0.399 e. The van der Waals surface area contributed by atoms with E-state index in [-0.39, 0.29) is 5.91 Å². The lowest BCUT2D eigenvalue weighted by atomic mass is 10.3. The maximum Gasteiger partial charge on any atom is 0.276 e. The fourth-order valence-electron chi connectivity index (χ4n) is 1.97. The third kappa shape index (κ3) is 2.92. The Hall–Kier alpha value is -3.08. The van der Waals surface area contributed by atoms with Crippen molar-refractivity contribution in [2.45, 2.75) is 0 Å². The molecule has 0 bridgehead atoms. The topological polar surface area (TPSA) is 72.9 Å². The predicted octanol–water partition coefficient (Wildman–Crippen LogP) is 2.71. The Kier molecular flexibility index (Phi) is 3.39. The number of amides is 1. The minimum absolute atomic E-state index is 0.246. The highest BCUT2D eigenvalue weighted by atomic mass is 16.1. The molecule has 5 nitrogen and oxygen atoms in total. The van der Waals surface area contributed by atoms with Crippen LogP contribution in [-0.4, -0.2) is 15.7 Å². The number of nitrogens with zero attached hydrogens (tertiary/aromatic N) is 2. The summed E-state index contributed by atoms with van der Waals surface area (Å²) in [5, 5.41) is 7.06. The lowest BCUT2D eigenvalue weighted by Crippen LogP contribution is -2.13. The molecule has 0 aliphatic heterocycles. The van der Waals surface area contributed by atoms with Crippen LogP contribution in [0.5, 0.6) is 0 Å². The number of carbonyl (C=O) groups is 1. The lowest BCUT2D eigenvalue weighted by molar-refractivity contribution is 0.102. The molecule has 0 aliphatic carbocycles. The maximum absolute atomic E-state index is 12.1. The molecule has 1 amide bonds. The van der Waals surface area contributed by atoms with Gasteiger partial charge in [-0.2, -0.15) is 5.10 Å². The number of nitrogens with two attached hydrogens (primary N) is 1. The van der Waals surface area contributed by atoms with Gasteiger partial charge in [-0.3, -0.25) is 4.79 Å². The van der Waals surface area contributed by atoms with E-state index in [4.69, 9.17) is 5.73 Å². The monoisotopic (exact) mass is 278 g/mol. The van der Waals surface area contributed by atoms with Gasteiger partial charge in [-0.25, -0.2) is 4.68 Å². The second-order valence-corrected chi connectivity index (χ2v) is 4.56. The van der Waals surface area contributed by atoms with Crippen molar-refractivity contribution in [2.75, 3.05) is 11.1 Å². The van der Waals surface area contributed by atoms with Crippen LogP contribution in [-0.2, 0) is 0 Å². The number of rotatable bonds is 3. The molecule has 21 heavy (non-hydrogen) atoms. The number of hydrogen-bond donors (Lipinski definition) is 2. The number of para-hydroxylation sites is 1. The fraction of sp³-hybridized carbons (Fsp3) is 0. The number of hydrogen-bond acceptors (Lipinski definition) is 3. The smallest absolute Gasteiger partial charge is 0.276 e. The molecule has 0 saturated heterocycles. The second kappa shape index (κ2) is 5.50. The Bertz CT molecular complexity index is 765. The summed E-state index contributed by atoms with van der Waals surface area (Å²) < 4.78 is 1.62. The van der Waals surface area contributed by atoms with Gasteiger partial charge in [0, 0.05) is 17.6 Å². The van der Waals surface area contributed by atoms with Gasteiger partial charge in [0.05, 0.1) is 5.69 Å². The Morgan fingerprint density at radius 1 is 1.05 bits per heavy atom. The second-order valence-electron chi connectivity index (χ2n) is 4.56. The van der Waals surface area contributed by atoms with Crippen LogP contribution >= 0.6 is 0 Å². The van der Waals surface area contributed by atoms with Gasteiger partial charge in [0.25, 0.3) is 5.91 Å². The third-order valence-electron chi connectivity index (χ3n) is 2.99. The molecule has 5 heteroatoms. The van der Waals surface area contributed by atoms with E-state index in [1.807, 2.05) is 42.5 Å². The number of nitrogens with one attached hydrogen (secondary N) is 1. The quantitative estimate of drug-likeness (QED) is 0.723. The summed E-state index contributed by atoms with van der Waals surface area (Å²) >= 11 is 0. The number of nitrogen functional groups attached to an aromatic ring is 1. The molecule has 2 aromatic carbocycles. The molecule has 0 spiro atoms. The zero-order valence-corrected chi connectivity index (χ0v) is 11.2. The maximum atomic E-state index is 12.1.